The number of hydrogen-bond acceptors (Lipinski definition) is 6. The predicted molar refractivity (Wildman–Crippen MR) is 122 cm³/mol. The molecule has 0 aliphatic heterocycles. The van der Waals surface area contributed by atoms with Gasteiger partial charge in [-0.25, -0.2) is 14.4 Å². The Hall–Kier alpha value is -3.61. The molecule has 32 heavy (non-hydrogen) atoms. The number of ether oxygens (including phenoxy) is 2. The zero-order valence-corrected chi connectivity index (χ0v) is 18.9. The van der Waals surface area contributed by atoms with E-state index in [4.69, 9.17) is 13.9 Å². The van der Waals surface area contributed by atoms with Crippen molar-refractivity contribution in [2.75, 3.05) is 0 Å². The highest BCUT2D eigenvalue weighted by atomic mass is 16.6. The number of carbonyl (C=O) groups excluding carboxylic acids is 2. The van der Waals surface area contributed by atoms with Crippen molar-refractivity contribution in [2.45, 2.75) is 52.7 Å². The van der Waals surface area contributed by atoms with E-state index in [0.29, 0.717) is 17.6 Å². The van der Waals surface area contributed by atoms with Gasteiger partial charge < -0.3 is 19.2 Å². The SMILES string of the molecule is CC[C@H](NC(=O)OC(C)(C)C)C(=O)Oc1ccc2c(-c3ccccc3)cc(=O)oc2c1C. The Morgan fingerprint density at radius 3 is 2.41 bits per heavy atom. The van der Waals surface area contributed by atoms with Gasteiger partial charge >= 0.3 is 17.7 Å². The molecule has 2 aromatic carbocycles. The number of benzene rings is 2. The van der Waals surface area contributed by atoms with E-state index in [1.807, 2.05) is 30.3 Å². The number of alkyl carbamates (subject to hydrolysis) is 1. The quantitative estimate of drug-likeness (QED) is 0.344. The van der Waals surface area contributed by atoms with Crippen LogP contribution in [0, 0.1) is 6.92 Å². The highest BCUT2D eigenvalue weighted by Gasteiger charge is 2.25. The summed E-state index contributed by atoms with van der Waals surface area (Å²) in [4.78, 5) is 37.0. The Kier molecular flexibility index (Phi) is 6.67. The van der Waals surface area contributed by atoms with Crippen LogP contribution in [-0.2, 0) is 9.53 Å². The maximum Gasteiger partial charge on any atom is 0.408 e. The molecule has 0 aliphatic carbocycles. The maximum atomic E-state index is 12.7. The Morgan fingerprint density at radius 1 is 1.09 bits per heavy atom. The molecule has 1 N–H and O–H groups in total. The van der Waals surface area contributed by atoms with Gasteiger partial charge in [0.1, 0.15) is 23.0 Å². The molecule has 0 bridgehead atoms. The third-order valence-corrected chi connectivity index (χ3v) is 4.79. The first kappa shape index (κ1) is 23.1. The fourth-order valence-electron chi connectivity index (χ4n) is 3.27. The van der Waals surface area contributed by atoms with Gasteiger partial charge in [-0.05, 0) is 57.4 Å². The lowest BCUT2D eigenvalue weighted by Crippen LogP contribution is -2.44. The molecular formula is C25H27NO6. The average molecular weight is 437 g/mol. The fourth-order valence-corrected chi connectivity index (χ4v) is 3.27. The van der Waals surface area contributed by atoms with Crippen LogP contribution in [0.5, 0.6) is 5.75 Å². The van der Waals surface area contributed by atoms with E-state index in [1.165, 1.54) is 6.07 Å². The minimum atomic E-state index is -0.886. The van der Waals surface area contributed by atoms with Gasteiger partial charge in [0.15, 0.2) is 0 Å². The Labute approximate surface area is 186 Å². The third-order valence-electron chi connectivity index (χ3n) is 4.79. The number of amides is 1. The average Bonchev–Trinajstić information content (AvgIpc) is 2.73. The minimum Gasteiger partial charge on any atom is -0.444 e. The first-order valence-electron chi connectivity index (χ1n) is 10.4. The molecule has 1 heterocycles. The summed E-state index contributed by atoms with van der Waals surface area (Å²) in [5.41, 5.74) is 1.28. The molecular weight excluding hydrogens is 410 g/mol. The Bertz CT molecular complexity index is 1190. The standard InChI is InChI=1S/C25H27NO6/c1-6-19(26-24(29)32-25(3,4)5)23(28)30-20-13-12-17-18(16-10-8-7-9-11-16)14-21(27)31-22(17)15(20)2/h7-14,19H,6H2,1-5H3,(H,26,29)/t19-/m0/s1. The summed E-state index contributed by atoms with van der Waals surface area (Å²) in [7, 11) is 0. The van der Waals surface area contributed by atoms with Crippen LogP contribution in [0.3, 0.4) is 0 Å². The number of nitrogens with one attached hydrogen (secondary N) is 1. The summed E-state index contributed by atoms with van der Waals surface area (Å²) in [6.45, 7) is 8.68. The van der Waals surface area contributed by atoms with E-state index in [1.54, 1.807) is 46.8 Å². The van der Waals surface area contributed by atoms with Crippen molar-refractivity contribution in [3.63, 3.8) is 0 Å². The summed E-state index contributed by atoms with van der Waals surface area (Å²) in [5, 5.41) is 3.26. The number of hydrogen-bond donors (Lipinski definition) is 1. The Morgan fingerprint density at radius 2 is 1.78 bits per heavy atom. The van der Waals surface area contributed by atoms with Crippen molar-refractivity contribution in [3.8, 4) is 16.9 Å². The Balaban J connectivity index is 1.90. The van der Waals surface area contributed by atoms with E-state index in [2.05, 4.69) is 5.32 Å². The molecule has 1 atom stereocenters. The number of rotatable bonds is 5. The lowest BCUT2D eigenvalue weighted by Gasteiger charge is -2.22. The minimum absolute atomic E-state index is 0.250. The van der Waals surface area contributed by atoms with Gasteiger partial charge in [-0.1, -0.05) is 37.3 Å². The highest BCUT2D eigenvalue weighted by molar-refractivity contribution is 5.96. The van der Waals surface area contributed by atoms with E-state index in [0.717, 1.165) is 16.5 Å². The molecule has 0 aliphatic rings. The first-order chi connectivity index (χ1) is 15.1. The topological polar surface area (TPSA) is 94.8 Å². The molecule has 0 spiro atoms. The van der Waals surface area contributed by atoms with Crippen LogP contribution in [0.15, 0.2) is 57.7 Å². The largest absolute Gasteiger partial charge is 0.444 e. The third kappa shape index (κ3) is 5.35. The van der Waals surface area contributed by atoms with Crippen LogP contribution in [0.2, 0.25) is 0 Å². The van der Waals surface area contributed by atoms with Gasteiger partial charge in [0.05, 0.1) is 0 Å². The predicted octanol–water partition coefficient (Wildman–Crippen LogP) is 4.98. The summed E-state index contributed by atoms with van der Waals surface area (Å²) >= 11 is 0. The monoisotopic (exact) mass is 437 g/mol. The van der Waals surface area contributed by atoms with E-state index in [9.17, 15) is 14.4 Å². The molecule has 1 aromatic heterocycles. The van der Waals surface area contributed by atoms with Crippen LogP contribution in [-0.4, -0.2) is 23.7 Å². The van der Waals surface area contributed by atoms with Crippen molar-refractivity contribution in [2.24, 2.45) is 0 Å². The fraction of sp³-hybridized carbons (Fsp3) is 0.320. The van der Waals surface area contributed by atoms with Gasteiger partial charge in [0, 0.05) is 17.0 Å². The molecule has 3 aromatic rings. The van der Waals surface area contributed by atoms with Crippen LogP contribution in [0.25, 0.3) is 22.1 Å². The number of aryl methyl sites for hydroxylation is 1. The smallest absolute Gasteiger partial charge is 0.408 e. The zero-order chi connectivity index (χ0) is 23.5. The maximum absolute atomic E-state index is 12.7. The lowest BCUT2D eigenvalue weighted by atomic mass is 10.0. The van der Waals surface area contributed by atoms with Gasteiger partial charge in [0.2, 0.25) is 0 Å². The number of esters is 1. The first-order valence-corrected chi connectivity index (χ1v) is 10.4. The summed E-state index contributed by atoms with van der Waals surface area (Å²) in [6, 6.07) is 13.5. The van der Waals surface area contributed by atoms with Crippen molar-refractivity contribution in [1.82, 2.24) is 5.32 Å². The molecule has 0 fully saturated rings. The number of fused-ring (bicyclic) bond motifs is 1. The summed E-state index contributed by atoms with van der Waals surface area (Å²) in [6.07, 6.45) is -0.382. The second kappa shape index (κ2) is 9.26. The van der Waals surface area contributed by atoms with Gasteiger partial charge in [-0.3, -0.25) is 0 Å². The molecule has 3 rings (SSSR count). The van der Waals surface area contributed by atoms with Crippen LogP contribution in [0.1, 0.15) is 39.7 Å². The van der Waals surface area contributed by atoms with Crippen LogP contribution >= 0.6 is 0 Å². The molecule has 0 unspecified atom stereocenters. The summed E-state index contributed by atoms with van der Waals surface area (Å²) < 4.78 is 16.2. The summed E-state index contributed by atoms with van der Waals surface area (Å²) in [5.74, 6) is -0.386. The molecule has 0 saturated carbocycles. The van der Waals surface area contributed by atoms with Gasteiger partial charge in [-0.2, -0.15) is 0 Å². The highest BCUT2D eigenvalue weighted by Crippen LogP contribution is 2.33. The molecule has 1 amide bonds. The van der Waals surface area contributed by atoms with Crippen LogP contribution < -0.4 is 15.7 Å². The van der Waals surface area contributed by atoms with Gasteiger partial charge in [0.25, 0.3) is 0 Å². The van der Waals surface area contributed by atoms with Crippen molar-refractivity contribution in [1.29, 1.82) is 0 Å². The molecule has 0 radical (unpaired) electrons. The molecule has 168 valence electrons. The van der Waals surface area contributed by atoms with Gasteiger partial charge in [-0.15, -0.1) is 0 Å². The second-order valence-corrected chi connectivity index (χ2v) is 8.44. The van der Waals surface area contributed by atoms with Crippen molar-refractivity contribution >= 4 is 23.0 Å². The van der Waals surface area contributed by atoms with E-state index in [-0.39, 0.29) is 5.75 Å². The zero-order valence-electron chi connectivity index (χ0n) is 18.9. The van der Waals surface area contributed by atoms with E-state index >= 15 is 0 Å². The molecule has 0 saturated heterocycles. The van der Waals surface area contributed by atoms with Crippen molar-refractivity contribution in [3.05, 3.63) is 64.5 Å². The van der Waals surface area contributed by atoms with Crippen molar-refractivity contribution < 1.29 is 23.5 Å². The van der Waals surface area contributed by atoms with E-state index < -0.39 is 29.3 Å². The normalized spacial score (nSPS) is 12.3. The molecule has 7 nitrogen and oxygen atoms in total. The lowest BCUT2D eigenvalue weighted by molar-refractivity contribution is -0.136. The van der Waals surface area contributed by atoms with Crippen LogP contribution in [0.4, 0.5) is 4.79 Å². The number of carbonyl (C=O) groups is 2. The second-order valence-electron chi connectivity index (χ2n) is 8.44. The molecule has 7 heteroatoms.